The quantitative estimate of drug-likeness (QED) is 0.687. The van der Waals surface area contributed by atoms with Gasteiger partial charge in [-0.1, -0.05) is 11.2 Å². The van der Waals surface area contributed by atoms with Crippen LogP contribution in [0.5, 0.6) is 0 Å². The van der Waals surface area contributed by atoms with Crippen molar-refractivity contribution in [3.63, 3.8) is 0 Å². The van der Waals surface area contributed by atoms with Crippen LogP contribution in [0.25, 0.3) is 22.6 Å². The highest BCUT2D eigenvalue weighted by Crippen LogP contribution is 2.27. The third kappa shape index (κ3) is 2.54. The summed E-state index contributed by atoms with van der Waals surface area (Å²) in [5.41, 5.74) is 7.88. The fraction of sp³-hybridized carbons (Fsp3) is 0.125. The highest BCUT2D eigenvalue weighted by atomic mass is 19.1. The highest BCUT2D eigenvalue weighted by Gasteiger charge is 2.22. The molecule has 124 valence electrons. The maximum atomic E-state index is 14.5. The Morgan fingerprint density at radius 2 is 2.24 bits per heavy atom. The number of aromatic nitrogens is 4. The number of allylic oxidation sites excluding steroid dienone is 4. The number of nitrogens with two attached hydrogens (primary N) is 1. The summed E-state index contributed by atoms with van der Waals surface area (Å²) in [6.07, 6.45) is 3.48. The minimum absolute atomic E-state index is 0.324. The van der Waals surface area contributed by atoms with Crippen LogP contribution >= 0.6 is 0 Å². The van der Waals surface area contributed by atoms with Crippen molar-refractivity contribution in [3.05, 3.63) is 53.3 Å². The zero-order valence-electron chi connectivity index (χ0n) is 13.2. The Balaban J connectivity index is 1.87. The van der Waals surface area contributed by atoms with Crippen molar-refractivity contribution < 1.29 is 14.4 Å². The van der Waals surface area contributed by atoms with Gasteiger partial charge in [-0.15, -0.1) is 0 Å². The predicted octanol–water partition coefficient (Wildman–Crippen LogP) is 0.907. The Morgan fingerprint density at radius 3 is 2.92 bits per heavy atom. The number of fused-ring (bicyclic) bond motifs is 1. The monoisotopic (exact) mass is 338 g/mol. The molecule has 0 atom stereocenters. The third-order valence-electron chi connectivity index (χ3n) is 3.92. The van der Waals surface area contributed by atoms with Crippen molar-refractivity contribution in [2.24, 2.45) is 0 Å². The van der Waals surface area contributed by atoms with Crippen LogP contribution in [0, 0.1) is 24.1 Å². The molecule has 0 bridgehead atoms. The molecule has 0 unspecified atom stereocenters. The Kier molecular flexibility index (Phi) is 3.52. The van der Waals surface area contributed by atoms with Crippen molar-refractivity contribution in [1.29, 1.82) is 5.26 Å². The van der Waals surface area contributed by atoms with Gasteiger partial charge < -0.3 is 4.57 Å². The number of imidazole rings is 1. The second kappa shape index (κ2) is 5.85. The number of quaternary nitrogens is 1. The van der Waals surface area contributed by atoms with E-state index >= 15 is 0 Å². The van der Waals surface area contributed by atoms with Crippen LogP contribution in [-0.2, 0) is 6.54 Å². The Bertz CT molecular complexity index is 1070. The van der Waals surface area contributed by atoms with E-state index in [9.17, 15) is 4.39 Å². The van der Waals surface area contributed by atoms with Crippen LogP contribution in [0.2, 0.25) is 0 Å². The van der Waals surface area contributed by atoms with Gasteiger partial charge in [-0.25, -0.2) is 24.9 Å². The first-order chi connectivity index (χ1) is 12.2. The van der Waals surface area contributed by atoms with E-state index in [1.165, 1.54) is 6.07 Å². The smallest absolute Gasteiger partial charge is 0.231 e. The van der Waals surface area contributed by atoms with Gasteiger partial charge >= 0.3 is 0 Å². The second-order valence-electron chi connectivity index (χ2n) is 5.54. The predicted molar refractivity (Wildman–Crippen MR) is 84.6 cm³/mol. The SMILES string of the molecule is Cc1nonc1-c1nc2cccc(F)c2n1CC1=CC=C(C#N)[NH2+]N1. The van der Waals surface area contributed by atoms with Crippen molar-refractivity contribution >= 4 is 11.0 Å². The maximum absolute atomic E-state index is 14.5. The molecular formula is C16H13FN7O+. The average molecular weight is 338 g/mol. The lowest BCUT2D eigenvalue weighted by atomic mass is 10.2. The number of hydrogen-bond donors (Lipinski definition) is 2. The molecule has 0 spiro atoms. The Hall–Kier alpha value is -3.51. The molecule has 3 aromatic rings. The van der Waals surface area contributed by atoms with E-state index in [4.69, 9.17) is 9.89 Å². The van der Waals surface area contributed by atoms with Crippen LogP contribution in [-0.4, -0.2) is 19.9 Å². The van der Waals surface area contributed by atoms with Gasteiger partial charge in [0.2, 0.25) is 5.70 Å². The topological polar surface area (TPSA) is 109 Å². The van der Waals surface area contributed by atoms with Gasteiger partial charge in [0.25, 0.3) is 0 Å². The van der Waals surface area contributed by atoms with E-state index in [1.807, 2.05) is 0 Å². The molecule has 0 radical (unpaired) electrons. The van der Waals surface area contributed by atoms with Crippen LogP contribution in [0.15, 0.2) is 46.4 Å². The molecule has 9 heteroatoms. The van der Waals surface area contributed by atoms with E-state index in [-0.39, 0.29) is 5.82 Å². The highest BCUT2D eigenvalue weighted by molar-refractivity contribution is 5.81. The molecular weight excluding hydrogens is 325 g/mol. The number of benzene rings is 1. The first-order valence-corrected chi connectivity index (χ1v) is 7.52. The van der Waals surface area contributed by atoms with Gasteiger partial charge in [0.15, 0.2) is 17.6 Å². The molecule has 0 saturated heterocycles. The lowest BCUT2D eigenvalue weighted by Crippen LogP contribution is -2.91. The van der Waals surface area contributed by atoms with Crippen LogP contribution in [0.4, 0.5) is 4.39 Å². The summed E-state index contributed by atoms with van der Waals surface area (Å²) >= 11 is 0. The molecule has 0 fully saturated rings. The number of nitrogens with one attached hydrogen (secondary N) is 1. The van der Waals surface area contributed by atoms with Gasteiger partial charge in [-0.3, -0.25) is 0 Å². The van der Waals surface area contributed by atoms with Crippen LogP contribution in [0.3, 0.4) is 0 Å². The summed E-state index contributed by atoms with van der Waals surface area (Å²) in [6.45, 7) is 2.07. The minimum Gasteiger partial charge on any atom is -0.314 e. The fourth-order valence-electron chi connectivity index (χ4n) is 2.71. The van der Waals surface area contributed by atoms with E-state index < -0.39 is 0 Å². The van der Waals surface area contributed by atoms with Crippen molar-refractivity contribution in [2.75, 3.05) is 0 Å². The summed E-state index contributed by atoms with van der Waals surface area (Å²) in [5, 5.41) is 16.6. The molecule has 4 rings (SSSR count). The van der Waals surface area contributed by atoms with Gasteiger partial charge in [-0.2, -0.15) is 5.26 Å². The molecule has 0 aliphatic carbocycles. The zero-order chi connectivity index (χ0) is 17.4. The summed E-state index contributed by atoms with van der Waals surface area (Å²) in [7, 11) is 0. The second-order valence-corrected chi connectivity index (χ2v) is 5.54. The number of para-hydroxylation sites is 1. The van der Waals surface area contributed by atoms with Crippen molar-refractivity contribution in [3.8, 4) is 17.6 Å². The lowest BCUT2D eigenvalue weighted by Gasteiger charge is -2.14. The van der Waals surface area contributed by atoms with E-state index in [2.05, 4.69) is 26.8 Å². The first kappa shape index (κ1) is 15.0. The molecule has 1 aliphatic heterocycles. The number of aryl methyl sites for hydroxylation is 1. The summed E-state index contributed by atoms with van der Waals surface area (Å²) in [6, 6.07) is 6.79. The van der Waals surface area contributed by atoms with Crippen LogP contribution in [0.1, 0.15) is 5.69 Å². The van der Waals surface area contributed by atoms with Crippen LogP contribution < -0.4 is 10.9 Å². The molecule has 0 amide bonds. The molecule has 2 aromatic heterocycles. The Morgan fingerprint density at radius 1 is 1.36 bits per heavy atom. The zero-order valence-corrected chi connectivity index (χ0v) is 13.2. The largest absolute Gasteiger partial charge is 0.314 e. The first-order valence-electron chi connectivity index (χ1n) is 7.52. The minimum atomic E-state index is -0.376. The maximum Gasteiger partial charge on any atom is 0.231 e. The number of nitrogens with zero attached hydrogens (tertiary/aromatic N) is 5. The standard InChI is InChI=1S/C16H12FN7O/c1-9-14(23-25-22-9)16-19-13-4-2-3-12(17)15(13)24(16)8-11-6-5-10(7-18)20-21-11/h2-6,20-21H,8H2,1H3/p+1. The lowest BCUT2D eigenvalue weighted by molar-refractivity contribution is -0.655. The molecule has 1 aliphatic rings. The number of hydrogen-bond acceptors (Lipinski definition) is 6. The molecule has 0 saturated carbocycles. The van der Waals surface area contributed by atoms with Gasteiger partial charge in [0, 0.05) is 6.08 Å². The number of halogens is 1. The van der Waals surface area contributed by atoms with E-state index in [0.29, 0.717) is 40.5 Å². The summed E-state index contributed by atoms with van der Waals surface area (Å²) < 4.78 is 20.9. The van der Waals surface area contributed by atoms with E-state index in [1.54, 1.807) is 41.2 Å². The van der Waals surface area contributed by atoms with Gasteiger partial charge in [0.05, 0.1) is 17.8 Å². The Labute approximate surface area is 141 Å². The van der Waals surface area contributed by atoms with E-state index in [0.717, 1.165) is 5.70 Å². The van der Waals surface area contributed by atoms with Gasteiger partial charge in [-0.05, 0) is 30.3 Å². The third-order valence-corrected chi connectivity index (χ3v) is 3.92. The van der Waals surface area contributed by atoms with Gasteiger partial charge in [0.1, 0.15) is 17.0 Å². The molecule has 3 N–H and O–H groups in total. The molecule has 1 aromatic carbocycles. The summed E-state index contributed by atoms with van der Waals surface area (Å²) in [5.74, 6) is 0.0932. The molecule has 3 heterocycles. The average Bonchev–Trinajstić information content (AvgIpc) is 3.20. The normalized spacial score (nSPS) is 14.0. The molecule has 25 heavy (non-hydrogen) atoms. The number of nitriles is 1. The fourth-order valence-corrected chi connectivity index (χ4v) is 2.71. The number of rotatable bonds is 3. The molecule has 8 nitrogen and oxygen atoms in total. The van der Waals surface area contributed by atoms with Crippen molar-refractivity contribution in [2.45, 2.75) is 13.5 Å². The van der Waals surface area contributed by atoms with Crippen molar-refractivity contribution in [1.82, 2.24) is 25.3 Å². The summed E-state index contributed by atoms with van der Waals surface area (Å²) in [4.78, 5) is 4.50.